The van der Waals surface area contributed by atoms with Gasteiger partial charge in [-0.15, -0.1) is 0 Å². The first-order valence-corrected chi connectivity index (χ1v) is 16.0. The molecule has 0 saturated carbocycles. The van der Waals surface area contributed by atoms with Crippen LogP contribution < -0.4 is 14.5 Å². The summed E-state index contributed by atoms with van der Waals surface area (Å²) in [6.07, 6.45) is 0.562. The van der Waals surface area contributed by atoms with Crippen LogP contribution in [0.5, 0.6) is 6.01 Å². The fourth-order valence-corrected chi connectivity index (χ4v) is 7.17. The Morgan fingerprint density at radius 1 is 1.11 bits per heavy atom. The van der Waals surface area contributed by atoms with Crippen molar-refractivity contribution in [2.75, 3.05) is 56.2 Å². The van der Waals surface area contributed by atoms with Crippen molar-refractivity contribution in [3.8, 4) is 12.1 Å². The summed E-state index contributed by atoms with van der Waals surface area (Å²) in [4.78, 5) is 30.2. The van der Waals surface area contributed by atoms with Gasteiger partial charge in [0.2, 0.25) is 0 Å². The molecule has 0 bridgehead atoms. The molecule has 1 unspecified atom stereocenters. The van der Waals surface area contributed by atoms with E-state index in [4.69, 9.17) is 14.7 Å². The summed E-state index contributed by atoms with van der Waals surface area (Å²) in [5.41, 5.74) is 4.22. The topological polar surface area (TPSA) is 88.8 Å². The molecule has 2 aromatic carbocycles. The monoisotopic (exact) mass is 629 g/mol. The largest absolute Gasteiger partial charge is 0.462 e. The number of piperidine rings is 1. The molecule has 9 nitrogen and oxygen atoms in total. The third-order valence-corrected chi connectivity index (χ3v) is 9.81. The van der Waals surface area contributed by atoms with Gasteiger partial charge >= 0.3 is 6.01 Å². The van der Waals surface area contributed by atoms with Crippen LogP contribution in [0.25, 0.3) is 10.8 Å². The quantitative estimate of drug-likeness (QED) is 0.339. The fraction of sp³-hybridized carbons (Fsp3) is 0.486. The van der Waals surface area contributed by atoms with Gasteiger partial charge in [-0.25, -0.2) is 8.78 Å². The van der Waals surface area contributed by atoms with Crippen molar-refractivity contribution in [1.29, 1.82) is 5.26 Å². The van der Waals surface area contributed by atoms with Crippen molar-refractivity contribution in [3.05, 3.63) is 65.6 Å². The van der Waals surface area contributed by atoms with E-state index in [2.05, 4.69) is 65.8 Å². The summed E-state index contributed by atoms with van der Waals surface area (Å²) in [5.74, 6) is -1.15. The Kier molecular flexibility index (Phi) is 9.09. The number of piperazine rings is 1. The number of benzene rings is 2. The highest BCUT2D eigenvalue weighted by Gasteiger charge is 2.36. The predicted molar refractivity (Wildman–Crippen MR) is 174 cm³/mol. The van der Waals surface area contributed by atoms with Crippen LogP contribution in [0, 0.1) is 24.2 Å². The lowest BCUT2D eigenvalue weighted by Crippen LogP contribution is -2.55. The summed E-state index contributed by atoms with van der Waals surface area (Å²) in [6, 6.07) is 14.6. The smallest absolute Gasteiger partial charge is 0.318 e. The molecule has 11 heteroatoms. The number of nitrogens with zero attached hydrogens (tertiary/aromatic N) is 7. The summed E-state index contributed by atoms with van der Waals surface area (Å²) in [6.45, 7) is 10.2. The molecule has 6 rings (SSSR count). The van der Waals surface area contributed by atoms with Crippen LogP contribution in [0.1, 0.15) is 36.6 Å². The molecule has 4 atom stereocenters. The molecule has 0 aliphatic carbocycles. The van der Waals surface area contributed by atoms with E-state index in [1.54, 1.807) is 0 Å². The van der Waals surface area contributed by atoms with Gasteiger partial charge in [0.15, 0.2) is 5.83 Å². The van der Waals surface area contributed by atoms with Gasteiger partial charge in [0.25, 0.3) is 5.91 Å². The standard InChI is InChI=1S/C35H41F2N7O2/c1-22-7-5-8-25-9-6-10-31(32(22)25)42-14-12-28-30(20-42)39-35(46-21-27-17-23(2)29(37)19-41(27)4)40-33(28)43-15-16-44(34(45)24(3)36)26(18-43)11-13-38/h5-10,23,26-27,29H,3,11-12,14-21H2,1-2,4H3/t23?,26-,27+,29-/m0/s1. The zero-order valence-electron chi connectivity index (χ0n) is 26.8. The number of carbonyl (C=O) groups is 1. The van der Waals surface area contributed by atoms with Crippen LogP contribution in [0.3, 0.4) is 0 Å². The second-order valence-corrected chi connectivity index (χ2v) is 12.9. The number of aryl methyl sites for hydroxylation is 1. The van der Waals surface area contributed by atoms with Gasteiger partial charge in [-0.1, -0.05) is 43.8 Å². The molecule has 4 heterocycles. The molecule has 2 fully saturated rings. The highest BCUT2D eigenvalue weighted by atomic mass is 19.1. The first-order valence-electron chi connectivity index (χ1n) is 16.0. The van der Waals surface area contributed by atoms with Crippen molar-refractivity contribution >= 4 is 28.2 Å². The van der Waals surface area contributed by atoms with Crippen molar-refractivity contribution in [1.82, 2.24) is 19.8 Å². The zero-order valence-corrected chi connectivity index (χ0v) is 26.8. The van der Waals surface area contributed by atoms with Crippen molar-refractivity contribution in [2.24, 2.45) is 5.92 Å². The molecule has 0 spiro atoms. The molecule has 0 radical (unpaired) electrons. The minimum absolute atomic E-state index is 0.0311. The minimum Gasteiger partial charge on any atom is -0.462 e. The lowest BCUT2D eigenvalue weighted by molar-refractivity contribution is -0.131. The number of aromatic nitrogens is 2. The Morgan fingerprint density at radius 3 is 2.65 bits per heavy atom. The van der Waals surface area contributed by atoms with E-state index in [9.17, 15) is 18.8 Å². The number of alkyl halides is 1. The van der Waals surface area contributed by atoms with Crippen LogP contribution >= 0.6 is 0 Å². The molecular formula is C35H41F2N7O2. The molecule has 1 amide bonds. The second-order valence-electron chi connectivity index (χ2n) is 12.9. The van der Waals surface area contributed by atoms with E-state index in [0.29, 0.717) is 45.6 Å². The zero-order chi connectivity index (χ0) is 32.5. The van der Waals surface area contributed by atoms with Gasteiger partial charge in [0.1, 0.15) is 18.6 Å². The average molecular weight is 630 g/mol. The van der Waals surface area contributed by atoms with Crippen LogP contribution in [0.4, 0.5) is 20.3 Å². The number of anilines is 2. The maximum absolute atomic E-state index is 14.3. The number of likely N-dealkylation sites (N-methyl/N-ethyl adjacent to an activating group) is 1. The third kappa shape index (κ3) is 6.23. The van der Waals surface area contributed by atoms with Gasteiger partial charge in [0, 0.05) is 55.4 Å². The van der Waals surface area contributed by atoms with Crippen LogP contribution in [-0.2, 0) is 17.8 Å². The first kappa shape index (κ1) is 31.7. The third-order valence-electron chi connectivity index (χ3n) is 9.81. The van der Waals surface area contributed by atoms with Crippen molar-refractivity contribution in [3.63, 3.8) is 0 Å². The van der Waals surface area contributed by atoms with Gasteiger partial charge in [-0.05, 0) is 49.7 Å². The number of ether oxygens (including phenoxy) is 1. The average Bonchev–Trinajstić information content (AvgIpc) is 3.04. The van der Waals surface area contributed by atoms with E-state index < -0.39 is 23.9 Å². The number of rotatable bonds is 7. The number of carbonyl (C=O) groups excluding carboxylic acids is 1. The van der Waals surface area contributed by atoms with E-state index in [0.717, 1.165) is 29.3 Å². The summed E-state index contributed by atoms with van der Waals surface area (Å²) in [7, 11) is 1.91. The van der Waals surface area contributed by atoms with E-state index in [1.165, 1.54) is 21.2 Å². The number of likely N-dealkylation sites (tertiary alicyclic amines) is 1. The van der Waals surface area contributed by atoms with Crippen molar-refractivity contribution in [2.45, 2.75) is 57.9 Å². The van der Waals surface area contributed by atoms with Crippen LogP contribution in [-0.4, -0.2) is 90.3 Å². The lowest BCUT2D eigenvalue weighted by Gasteiger charge is -2.42. The number of hydrogen-bond acceptors (Lipinski definition) is 8. The number of halogens is 2. The van der Waals surface area contributed by atoms with Gasteiger partial charge in [0.05, 0.1) is 30.8 Å². The number of hydrogen-bond donors (Lipinski definition) is 0. The molecule has 46 heavy (non-hydrogen) atoms. The Balaban J connectivity index is 1.33. The number of fused-ring (bicyclic) bond motifs is 2. The molecule has 0 N–H and O–H groups in total. The Morgan fingerprint density at radius 2 is 1.89 bits per heavy atom. The molecular weight excluding hydrogens is 588 g/mol. The predicted octanol–water partition coefficient (Wildman–Crippen LogP) is 4.97. The first-order chi connectivity index (χ1) is 22.1. The Hall–Kier alpha value is -4.30. The fourth-order valence-electron chi connectivity index (χ4n) is 7.17. The summed E-state index contributed by atoms with van der Waals surface area (Å²) >= 11 is 0. The van der Waals surface area contributed by atoms with Crippen LogP contribution in [0.2, 0.25) is 0 Å². The molecule has 3 aliphatic rings. The SMILES string of the molecule is C=C(F)C(=O)N1CCN(c2nc(OC[C@H]3CC(C)[C@@H](F)CN3C)nc3c2CCN(c2cccc4cccc(C)c24)C3)C[C@@H]1CC#N. The number of nitriles is 1. The summed E-state index contributed by atoms with van der Waals surface area (Å²) < 4.78 is 34.5. The number of amides is 1. The molecule has 2 saturated heterocycles. The maximum Gasteiger partial charge on any atom is 0.318 e. The molecule has 3 aromatic rings. The lowest BCUT2D eigenvalue weighted by atomic mass is 9.92. The normalized spacial score (nSPS) is 23.6. The minimum atomic E-state index is -1.03. The van der Waals surface area contributed by atoms with Gasteiger partial charge in [-0.2, -0.15) is 15.2 Å². The van der Waals surface area contributed by atoms with Crippen molar-refractivity contribution < 1.29 is 18.3 Å². The molecule has 1 aromatic heterocycles. The van der Waals surface area contributed by atoms with Gasteiger partial charge < -0.3 is 19.4 Å². The van der Waals surface area contributed by atoms with E-state index >= 15 is 0 Å². The second kappa shape index (κ2) is 13.2. The Bertz CT molecular complexity index is 1670. The van der Waals surface area contributed by atoms with E-state index in [1.807, 2.05) is 18.9 Å². The highest BCUT2D eigenvalue weighted by Crippen LogP contribution is 2.36. The molecule has 242 valence electrons. The van der Waals surface area contributed by atoms with Gasteiger partial charge in [-0.3, -0.25) is 9.69 Å². The highest BCUT2D eigenvalue weighted by molar-refractivity contribution is 5.97. The maximum atomic E-state index is 14.3. The Labute approximate surface area is 269 Å². The summed E-state index contributed by atoms with van der Waals surface area (Å²) in [5, 5.41) is 11.9. The van der Waals surface area contributed by atoms with Crippen LogP contribution in [0.15, 0.2) is 48.8 Å². The molecule has 3 aliphatic heterocycles. The van der Waals surface area contributed by atoms with E-state index in [-0.39, 0.29) is 30.9 Å².